The first-order chi connectivity index (χ1) is 9.04. The molecular formula is C14H18F3NS. The summed E-state index contributed by atoms with van der Waals surface area (Å²) in [5.74, 6) is 0. The summed E-state index contributed by atoms with van der Waals surface area (Å²) in [5.41, 5.74) is 1.39. The molecule has 0 aliphatic carbocycles. The maximum atomic E-state index is 11.9. The van der Waals surface area contributed by atoms with Crippen LogP contribution in [0.25, 0.3) is 0 Å². The summed E-state index contributed by atoms with van der Waals surface area (Å²) in [6.45, 7) is 1.54. The van der Waals surface area contributed by atoms with Gasteiger partial charge in [0.1, 0.15) is 0 Å². The maximum absolute atomic E-state index is 11.9. The minimum Gasteiger partial charge on any atom is -0.316 e. The van der Waals surface area contributed by atoms with Gasteiger partial charge in [-0.2, -0.15) is 13.2 Å². The minimum atomic E-state index is -4.01. The van der Waals surface area contributed by atoms with Gasteiger partial charge in [-0.1, -0.05) is 18.2 Å². The van der Waals surface area contributed by atoms with Gasteiger partial charge in [0, 0.05) is 23.1 Å². The van der Waals surface area contributed by atoms with Crippen LogP contribution in [0.1, 0.15) is 24.8 Å². The Bertz CT molecular complexity index is 381. The quantitative estimate of drug-likeness (QED) is 0.794. The van der Waals surface area contributed by atoms with Gasteiger partial charge in [-0.15, -0.1) is 11.8 Å². The number of nitrogens with one attached hydrogen (secondary N) is 1. The average Bonchev–Trinajstić information content (AvgIpc) is 2.74. The summed E-state index contributed by atoms with van der Waals surface area (Å²) >= 11 is 1.86. The zero-order chi connectivity index (χ0) is 13.7. The van der Waals surface area contributed by atoms with Crippen LogP contribution >= 0.6 is 11.8 Å². The summed E-state index contributed by atoms with van der Waals surface area (Å²) in [6.07, 6.45) is -2.82. The first kappa shape index (κ1) is 14.7. The Kier molecular flexibility index (Phi) is 5.16. The van der Waals surface area contributed by atoms with E-state index in [2.05, 4.69) is 17.4 Å². The van der Waals surface area contributed by atoms with Gasteiger partial charge in [-0.3, -0.25) is 0 Å². The Balaban J connectivity index is 1.56. The molecule has 1 aromatic rings. The number of fused-ring (bicyclic) bond motifs is 1. The van der Waals surface area contributed by atoms with E-state index >= 15 is 0 Å². The van der Waals surface area contributed by atoms with Crippen LogP contribution in [-0.4, -0.2) is 24.5 Å². The van der Waals surface area contributed by atoms with E-state index in [0.717, 1.165) is 13.0 Å². The van der Waals surface area contributed by atoms with E-state index in [9.17, 15) is 13.2 Å². The van der Waals surface area contributed by atoms with Crippen molar-refractivity contribution in [2.24, 2.45) is 0 Å². The Hall–Kier alpha value is -0.680. The van der Waals surface area contributed by atoms with Gasteiger partial charge in [0.05, 0.1) is 0 Å². The Morgan fingerprint density at radius 2 is 2.00 bits per heavy atom. The molecule has 1 aliphatic heterocycles. The molecule has 1 heterocycles. The summed E-state index contributed by atoms with van der Waals surface area (Å²) in [4.78, 5) is 1.34. The molecule has 0 radical (unpaired) electrons. The highest BCUT2D eigenvalue weighted by atomic mass is 32.2. The highest BCUT2D eigenvalue weighted by Gasteiger charge is 2.25. The van der Waals surface area contributed by atoms with Crippen molar-refractivity contribution in [1.29, 1.82) is 0 Å². The second-order valence-corrected chi connectivity index (χ2v) is 6.17. The second-order valence-electron chi connectivity index (χ2n) is 4.83. The largest absolute Gasteiger partial charge is 0.389 e. The lowest BCUT2D eigenvalue weighted by Crippen LogP contribution is -2.25. The highest BCUT2D eigenvalue weighted by molar-refractivity contribution is 8.00. The van der Waals surface area contributed by atoms with Crippen LogP contribution in [0.3, 0.4) is 0 Å². The molecule has 1 aromatic carbocycles. The number of hydrogen-bond acceptors (Lipinski definition) is 2. The van der Waals surface area contributed by atoms with E-state index in [0.29, 0.717) is 18.2 Å². The molecule has 0 spiro atoms. The molecule has 1 nitrogen and oxygen atoms in total. The Labute approximate surface area is 116 Å². The Morgan fingerprint density at radius 1 is 1.21 bits per heavy atom. The van der Waals surface area contributed by atoms with Crippen molar-refractivity contribution in [2.45, 2.75) is 42.0 Å². The van der Waals surface area contributed by atoms with Crippen LogP contribution < -0.4 is 5.32 Å². The fraction of sp³-hybridized carbons (Fsp3) is 0.571. The third-order valence-corrected chi connectivity index (χ3v) is 4.47. The molecule has 0 aromatic heterocycles. The SMILES string of the molecule is FC(F)(F)CCCCNCC1Cc2ccccc2S1. The fourth-order valence-electron chi connectivity index (χ4n) is 2.21. The fourth-order valence-corrected chi connectivity index (χ4v) is 3.49. The molecule has 1 atom stereocenters. The number of thioether (sulfide) groups is 1. The molecule has 106 valence electrons. The van der Waals surface area contributed by atoms with Crippen molar-refractivity contribution in [1.82, 2.24) is 5.32 Å². The standard InChI is InChI=1S/C14H18F3NS/c15-14(16,17)7-3-4-8-18-10-12-9-11-5-1-2-6-13(11)19-12/h1-2,5-6,12,18H,3-4,7-10H2. The number of hydrogen-bond donors (Lipinski definition) is 1. The molecule has 0 saturated heterocycles. The van der Waals surface area contributed by atoms with Gasteiger partial charge in [-0.05, 0) is 37.4 Å². The summed E-state index contributed by atoms with van der Waals surface area (Å²) in [6, 6.07) is 8.36. The number of alkyl halides is 3. The van der Waals surface area contributed by atoms with E-state index in [1.54, 1.807) is 0 Å². The minimum absolute atomic E-state index is 0.217. The molecular weight excluding hydrogens is 271 g/mol. The lowest BCUT2D eigenvalue weighted by molar-refractivity contribution is -0.135. The van der Waals surface area contributed by atoms with Crippen LogP contribution in [0, 0.1) is 0 Å². The molecule has 2 rings (SSSR count). The van der Waals surface area contributed by atoms with E-state index in [-0.39, 0.29) is 6.42 Å². The molecule has 5 heteroatoms. The van der Waals surface area contributed by atoms with Crippen molar-refractivity contribution in [3.8, 4) is 0 Å². The number of halogens is 3. The molecule has 0 fully saturated rings. The van der Waals surface area contributed by atoms with Gasteiger partial charge in [0.15, 0.2) is 0 Å². The van der Waals surface area contributed by atoms with E-state index < -0.39 is 12.6 Å². The van der Waals surface area contributed by atoms with Crippen LogP contribution in [0.2, 0.25) is 0 Å². The molecule has 0 amide bonds. The zero-order valence-electron chi connectivity index (χ0n) is 10.7. The molecule has 1 N–H and O–H groups in total. The molecule has 0 saturated carbocycles. The predicted octanol–water partition coefficient (Wildman–Crippen LogP) is 4.03. The van der Waals surface area contributed by atoms with E-state index in [4.69, 9.17) is 0 Å². The van der Waals surface area contributed by atoms with Crippen molar-refractivity contribution in [2.75, 3.05) is 13.1 Å². The van der Waals surface area contributed by atoms with Gasteiger partial charge in [0.2, 0.25) is 0 Å². The third kappa shape index (κ3) is 5.07. The normalized spacial score (nSPS) is 18.6. The monoisotopic (exact) mass is 289 g/mol. The first-order valence-electron chi connectivity index (χ1n) is 6.56. The smallest absolute Gasteiger partial charge is 0.316 e. The topological polar surface area (TPSA) is 12.0 Å². The van der Waals surface area contributed by atoms with E-state index in [1.165, 1.54) is 10.5 Å². The lowest BCUT2D eigenvalue weighted by atomic mass is 10.1. The average molecular weight is 289 g/mol. The van der Waals surface area contributed by atoms with Gasteiger partial charge in [0.25, 0.3) is 0 Å². The lowest BCUT2D eigenvalue weighted by Gasteiger charge is -2.10. The van der Waals surface area contributed by atoms with Crippen molar-refractivity contribution < 1.29 is 13.2 Å². The van der Waals surface area contributed by atoms with Gasteiger partial charge < -0.3 is 5.32 Å². The highest BCUT2D eigenvalue weighted by Crippen LogP contribution is 2.36. The summed E-state index contributed by atoms with van der Waals surface area (Å²) in [5, 5.41) is 3.77. The number of benzene rings is 1. The molecule has 1 aliphatic rings. The Morgan fingerprint density at radius 3 is 2.74 bits per heavy atom. The third-order valence-electron chi connectivity index (χ3n) is 3.15. The van der Waals surface area contributed by atoms with Crippen LogP contribution in [-0.2, 0) is 6.42 Å². The second kappa shape index (κ2) is 6.66. The van der Waals surface area contributed by atoms with Gasteiger partial charge >= 0.3 is 6.18 Å². The maximum Gasteiger partial charge on any atom is 0.389 e. The zero-order valence-corrected chi connectivity index (χ0v) is 11.5. The predicted molar refractivity (Wildman–Crippen MR) is 72.6 cm³/mol. The molecule has 1 unspecified atom stereocenters. The summed E-state index contributed by atoms with van der Waals surface area (Å²) < 4.78 is 35.8. The van der Waals surface area contributed by atoms with E-state index in [1.807, 2.05) is 23.9 Å². The van der Waals surface area contributed by atoms with Crippen LogP contribution in [0.15, 0.2) is 29.2 Å². The van der Waals surface area contributed by atoms with Crippen LogP contribution in [0.4, 0.5) is 13.2 Å². The number of rotatable bonds is 6. The van der Waals surface area contributed by atoms with Crippen molar-refractivity contribution in [3.63, 3.8) is 0 Å². The molecule has 19 heavy (non-hydrogen) atoms. The summed E-state index contributed by atoms with van der Waals surface area (Å²) in [7, 11) is 0. The van der Waals surface area contributed by atoms with Crippen LogP contribution in [0.5, 0.6) is 0 Å². The number of unbranched alkanes of at least 4 members (excludes halogenated alkanes) is 1. The van der Waals surface area contributed by atoms with Crippen molar-refractivity contribution in [3.05, 3.63) is 29.8 Å². The molecule has 0 bridgehead atoms. The first-order valence-corrected chi connectivity index (χ1v) is 7.44. The van der Waals surface area contributed by atoms with Gasteiger partial charge in [-0.25, -0.2) is 0 Å². The van der Waals surface area contributed by atoms with Crippen molar-refractivity contribution >= 4 is 11.8 Å².